The summed E-state index contributed by atoms with van der Waals surface area (Å²) in [5.74, 6) is 0.0386. The molecule has 0 aromatic heterocycles. The third kappa shape index (κ3) is 7.15. The van der Waals surface area contributed by atoms with Crippen molar-refractivity contribution in [3.63, 3.8) is 0 Å². The van der Waals surface area contributed by atoms with E-state index in [1.807, 2.05) is 0 Å². The highest BCUT2D eigenvalue weighted by molar-refractivity contribution is 5.27. The summed E-state index contributed by atoms with van der Waals surface area (Å²) in [7, 11) is 1.07. The Balaban J connectivity index is 2.86. The van der Waals surface area contributed by atoms with E-state index in [2.05, 4.69) is 10.1 Å². The van der Waals surface area contributed by atoms with Crippen LogP contribution in [0.5, 0.6) is 5.75 Å². The minimum Gasteiger partial charge on any atom is -0.491 e. The highest BCUT2D eigenvalue weighted by atomic mass is 16.5. The van der Waals surface area contributed by atoms with Gasteiger partial charge in [0.25, 0.3) is 0 Å². The van der Waals surface area contributed by atoms with E-state index >= 15 is 0 Å². The Bertz CT molecular complexity index is 588. The maximum Gasteiger partial charge on any atom is 0.119 e. The predicted octanol–water partition coefficient (Wildman–Crippen LogP) is 1.61. The molecule has 108 valence electrons. The first-order valence-corrected chi connectivity index (χ1v) is 5.90. The molecule has 1 aromatic rings. The van der Waals surface area contributed by atoms with E-state index < -0.39 is 31.6 Å². The molecule has 4 nitrogen and oxygen atoms in total. The van der Waals surface area contributed by atoms with Crippen molar-refractivity contribution in [2.45, 2.75) is 32.3 Å². The van der Waals surface area contributed by atoms with Gasteiger partial charge in [0, 0.05) is 23.8 Å². The first-order chi connectivity index (χ1) is 11.6. The van der Waals surface area contributed by atoms with E-state index in [1.54, 1.807) is 13.8 Å². The summed E-state index contributed by atoms with van der Waals surface area (Å²) in [5.41, 5.74) is -0.00423. The summed E-state index contributed by atoms with van der Waals surface area (Å²) in [6.45, 7) is -2.07. The van der Waals surface area contributed by atoms with Crippen molar-refractivity contribution in [3.05, 3.63) is 29.8 Å². The van der Waals surface area contributed by atoms with Crippen LogP contribution in [0.3, 0.4) is 0 Å². The Hall–Kier alpha value is -1.10. The number of hydrogen-bond acceptors (Lipinski definition) is 4. The molecular weight excluding hydrogens is 242 g/mol. The van der Waals surface area contributed by atoms with Crippen molar-refractivity contribution in [1.82, 2.24) is 5.32 Å². The minimum atomic E-state index is -2.55. The molecule has 0 heterocycles. The molecule has 19 heavy (non-hydrogen) atoms. The van der Waals surface area contributed by atoms with Gasteiger partial charge >= 0.3 is 0 Å². The van der Waals surface area contributed by atoms with Gasteiger partial charge in [-0.3, -0.25) is 0 Å². The van der Waals surface area contributed by atoms with Crippen LogP contribution in [0, 0.1) is 0 Å². The molecule has 2 N–H and O–H groups in total. The molecule has 1 aromatic carbocycles. The van der Waals surface area contributed by atoms with E-state index in [-0.39, 0.29) is 17.9 Å². The number of aryl methyl sites for hydroxylation is 1. The average molecular weight is 274 g/mol. The van der Waals surface area contributed by atoms with Crippen LogP contribution >= 0.6 is 0 Å². The molecule has 0 aliphatic rings. The number of hydrogen-bond donors (Lipinski definition) is 2. The van der Waals surface area contributed by atoms with Gasteiger partial charge in [0.15, 0.2) is 0 Å². The molecule has 0 amide bonds. The van der Waals surface area contributed by atoms with E-state index in [9.17, 15) is 5.11 Å². The molecule has 0 radical (unpaired) electrons. The van der Waals surface area contributed by atoms with Crippen molar-refractivity contribution in [1.29, 1.82) is 0 Å². The summed E-state index contributed by atoms with van der Waals surface area (Å²) in [6.07, 6.45) is -3.97. The predicted molar refractivity (Wildman–Crippen MR) is 76.7 cm³/mol. The van der Waals surface area contributed by atoms with E-state index in [0.717, 1.165) is 7.11 Å². The first kappa shape index (κ1) is 8.25. The van der Waals surface area contributed by atoms with Gasteiger partial charge < -0.3 is 19.9 Å². The van der Waals surface area contributed by atoms with Crippen molar-refractivity contribution < 1.29 is 24.2 Å². The van der Waals surface area contributed by atoms with Crippen LogP contribution < -0.4 is 10.1 Å². The second-order valence-electron chi connectivity index (χ2n) is 4.07. The lowest BCUT2D eigenvalue weighted by atomic mass is 10.1. The fourth-order valence-electron chi connectivity index (χ4n) is 1.19. The van der Waals surface area contributed by atoms with Gasteiger partial charge in [0.2, 0.25) is 0 Å². The molecule has 1 atom stereocenters. The zero-order valence-electron chi connectivity index (χ0n) is 18.4. The van der Waals surface area contributed by atoms with Gasteiger partial charge in [0.1, 0.15) is 18.4 Å². The number of aliphatic hydroxyl groups excluding tert-OH is 1. The number of ether oxygens (including phenoxy) is 2. The lowest BCUT2D eigenvalue weighted by Gasteiger charge is -2.15. The normalized spacial score (nSPS) is 20.9. The molecule has 0 saturated carbocycles. The highest BCUT2D eigenvalue weighted by Gasteiger charge is 2.05. The Kier molecular flexibility index (Phi) is 3.87. The molecule has 1 rings (SSSR count). The fraction of sp³-hybridized carbons (Fsp3) is 0.600. The molecule has 0 saturated heterocycles. The third-order valence-electron chi connectivity index (χ3n) is 2.11. The van der Waals surface area contributed by atoms with Crippen molar-refractivity contribution >= 4 is 0 Å². The quantitative estimate of drug-likeness (QED) is 0.718. The lowest BCUT2D eigenvalue weighted by Crippen LogP contribution is -2.35. The van der Waals surface area contributed by atoms with Gasteiger partial charge in [0.05, 0.1) is 12.0 Å². The largest absolute Gasteiger partial charge is 0.491 e. The summed E-state index contributed by atoms with van der Waals surface area (Å²) < 4.78 is 63.9. The maximum atomic E-state index is 9.95. The SMILES string of the molecule is [2H]C(C)(C)NCC(O)C([2H])([2H])Oc1ccc(C([2H])([2H])C([2H])([2H])OC)cc1. The maximum absolute atomic E-state index is 9.95. The van der Waals surface area contributed by atoms with Crippen molar-refractivity contribution in [3.8, 4) is 5.75 Å². The zero-order chi connectivity index (χ0) is 20.4. The summed E-state index contributed by atoms with van der Waals surface area (Å²) in [6, 6.07) is 4.06. The van der Waals surface area contributed by atoms with Gasteiger partial charge in [-0.15, -0.1) is 0 Å². The van der Waals surface area contributed by atoms with Gasteiger partial charge in [-0.25, -0.2) is 0 Å². The number of nitrogens with one attached hydrogen (secondary N) is 1. The summed E-state index contributed by atoms with van der Waals surface area (Å²) in [5, 5.41) is 12.6. The summed E-state index contributed by atoms with van der Waals surface area (Å²) in [4.78, 5) is 0. The van der Waals surface area contributed by atoms with Gasteiger partial charge in [-0.05, 0) is 24.1 Å². The zero-order valence-corrected chi connectivity index (χ0v) is 11.4. The molecule has 0 spiro atoms. The van der Waals surface area contributed by atoms with Gasteiger partial charge in [-0.2, -0.15) is 0 Å². The van der Waals surface area contributed by atoms with E-state index in [0.29, 0.717) is 0 Å². The summed E-state index contributed by atoms with van der Waals surface area (Å²) >= 11 is 0. The molecule has 1 unspecified atom stereocenters. The standard InChI is InChI=1S/C15H25NO3/c1-12(2)16-10-14(17)11-19-15-6-4-13(5-7-15)8-9-18-3/h4-7,12,14,16-17H,8-11H2,1-3H3/i8D2,9D2,11D2,12D. The number of aliphatic hydroxyl groups is 1. The van der Waals surface area contributed by atoms with Crippen molar-refractivity contribution in [2.75, 3.05) is 26.8 Å². The second-order valence-corrected chi connectivity index (χ2v) is 4.07. The Morgan fingerprint density at radius 1 is 1.37 bits per heavy atom. The fourth-order valence-corrected chi connectivity index (χ4v) is 1.19. The smallest absolute Gasteiger partial charge is 0.119 e. The van der Waals surface area contributed by atoms with E-state index in [1.165, 1.54) is 24.3 Å². The van der Waals surface area contributed by atoms with Crippen LogP contribution in [0.15, 0.2) is 24.3 Å². The van der Waals surface area contributed by atoms with Crippen LogP contribution in [0.4, 0.5) is 0 Å². The van der Waals surface area contributed by atoms with Crippen LogP contribution in [0.1, 0.15) is 29.0 Å². The monoisotopic (exact) mass is 274 g/mol. The van der Waals surface area contributed by atoms with Crippen LogP contribution in [0.25, 0.3) is 0 Å². The third-order valence-corrected chi connectivity index (χ3v) is 2.11. The molecule has 0 fully saturated rings. The molecule has 0 aliphatic carbocycles. The minimum absolute atomic E-state index is 0.00423. The van der Waals surface area contributed by atoms with Crippen LogP contribution in [0.2, 0.25) is 0 Å². The molecule has 0 aliphatic heterocycles. The van der Waals surface area contributed by atoms with Crippen LogP contribution in [-0.2, 0) is 11.1 Å². The molecule has 0 bridgehead atoms. The lowest BCUT2D eigenvalue weighted by molar-refractivity contribution is 0.104. The van der Waals surface area contributed by atoms with Gasteiger partial charge in [-0.1, -0.05) is 26.0 Å². The average Bonchev–Trinajstić information content (AvgIpc) is 2.51. The first-order valence-electron chi connectivity index (χ1n) is 9.40. The Morgan fingerprint density at radius 3 is 2.63 bits per heavy atom. The number of methoxy groups -OCH3 is 1. The topological polar surface area (TPSA) is 50.7 Å². The second kappa shape index (κ2) is 8.91. The number of benzene rings is 1. The van der Waals surface area contributed by atoms with E-state index in [4.69, 9.17) is 14.3 Å². The Labute approximate surface area is 125 Å². The Morgan fingerprint density at radius 2 is 2.05 bits per heavy atom. The van der Waals surface area contributed by atoms with Crippen LogP contribution in [-0.4, -0.2) is 44.0 Å². The molecular formula is C15H25NO3. The number of rotatable bonds is 9. The molecule has 4 heteroatoms. The highest BCUT2D eigenvalue weighted by Crippen LogP contribution is 2.12. The van der Waals surface area contributed by atoms with Crippen molar-refractivity contribution in [2.24, 2.45) is 0 Å².